The summed E-state index contributed by atoms with van der Waals surface area (Å²) in [7, 11) is 2.20. The first kappa shape index (κ1) is 11.8. The van der Waals surface area contributed by atoms with Crippen LogP contribution in [0, 0.1) is 0 Å². The van der Waals surface area contributed by atoms with E-state index >= 15 is 0 Å². The number of anilines is 1. The molecule has 0 spiro atoms. The zero-order chi connectivity index (χ0) is 11.4. The van der Waals surface area contributed by atoms with Gasteiger partial charge >= 0.3 is 0 Å². The Morgan fingerprint density at radius 3 is 3.12 bits per heavy atom. The second-order valence-corrected chi connectivity index (χ2v) is 5.18. The summed E-state index contributed by atoms with van der Waals surface area (Å²) < 4.78 is 4.32. The Bertz CT molecular complexity index is 326. The first-order valence-electron chi connectivity index (χ1n) is 6.06. The van der Waals surface area contributed by atoms with Crippen LogP contribution in [0.4, 0.5) is 5.13 Å². The highest BCUT2D eigenvalue weighted by Gasteiger charge is 2.20. The van der Waals surface area contributed by atoms with Crippen LogP contribution in [0.15, 0.2) is 0 Å². The smallest absolute Gasteiger partial charge is 0.202 e. The van der Waals surface area contributed by atoms with Gasteiger partial charge in [-0.05, 0) is 32.9 Å². The maximum Gasteiger partial charge on any atom is 0.202 e. The van der Waals surface area contributed by atoms with E-state index in [0.717, 1.165) is 30.3 Å². The fourth-order valence-corrected chi connectivity index (χ4v) is 2.71. The summed E-state index contributed by atoms with van der Waals surface area (Å²) in [5.41, 5.74) is 0. The monoisotopic (exact) mass is 240 g/mol. The lowest BCUT2D eigenvalue weighted by molar-refractivity contribution is 0.322. The lowest BCUT2D eigenvalue weighted by atomic mass is 10.2. The molecule has 0 bridgehead atoms. The largest absolute Gasteiger partial charge is 0.359 e. The van der Waals surface area contributed by atoms with Crippen molar-refractivity contribution in [3.05, 3.63) is 5.82 Å². The first-order valence-corrected chi connectivity index (χ1v) is 6.83. The van der Waals surface area contributed by atoms with Crippen LogP contribution in [0.25, 0.3) is 0 Å². The molecule has 1 aliphatic heterocycles. The molecule has 1 atom stereocenters. The molecular formula is C11H20N4S. The number of rotatable bonds is 5. The fourth-order valence-electron chi connectivity index (χ4n) is 2.09. The van der Waals surface area contributed by atoms with E-state index in [1.165, 1.54) is 30.9 Å². The van der Waals surface area contributed by atoms with Gasteiger partial charge in [0.15, 0.2) is 0 Å². The van der Waals surface area contributed by atoms with E-state index in [-0.39, 0.29) is 0 Å². The zero-order valence-corrected chi connectivity index (χ0v) is 10.9. The quantitative estimate of drug-likeness (QED) is 0.854. The van der Waals surface area contributed by atoms with Crippen molar-refractivity contribution in [3.8, 4) is 0 Å². The Morgan fingerprint density at radius 1 is 1.56 bits per heavy atom. The van der Waals surface area contributed by atoms with Crippen molar-refractivity contribution in [2.24, 2.45) is 0 Å². The summed E-state index contributed by atoms with van der Waals surface area (Å²) >= 11 is 1.48. The highest BCUT2D eigenvalue weighted by molar-refractivity contribution is 7.09. The third kappa shape index (κ3) is 2.92. The molecule has 2 heterocycles. The van der Waals surface area contributed by atoms with E-state index in [1.807, 2.05) is 0 Å². The molecule has 1 N–H and O–H groups in total. The molecule has 0 amide bonds. The van der Waals surface area contributed by atoms with Crippen molar-refractivity contribution >= 4 is 16.7 Å². The van der Waals surface area contributed by atoms with Crippen molar-refractivity contribution in [2.45, 2.75) is 38.6 Å². The van der Waals surface area contributed by atoms with Crippen LogP contribution in [0.3, 0.4) is 0 Å². The van der Waals surface area contributed by atoms with Gasteiger partial charge in [0.1, 0.15) is 5.82 Å². The molecule has 0 radical (unpaired) electrons. The Hall–Kier alpha value is -0.680. The molecule has 1 saturated heterocycles. The Labute approximate surface area is 101 Å². The highest BCUT2D eigenvalue weighted by Crippen LogP contribution is 2.17. The molecule has 2 rings (SSSR count). The van der Waals surface area contributed by atoms with Gasteiger partial charge in [-0.3, -0.25) is 0 Å². The molecule has 4 nitrogen and oxygen atoms in total. The van der Waals surface area contributed by atoms with Crippen molar-refractivity contribution in [1.82, 2.24) is 14.3 Å². The summed E-state index contributed by atoms with van der Waals surface area (Å²) in [5.74, 6) is 0.981. The summed E-state index contributed by atoms with van der Waals surface area (Å²) in [4.78, 5) is 6.88. The normalized spacial score (nSPS) is 21.5. The summed E-state index contributed by atoms with van der Waals surface area (Å²) in [5, 5.41) is 4.37. The number of nitrogens with zero attached hydrogens (tertiary/aromatic N) is 3. The average molecular weight is 240 g/mol. The van der Waals surface area contributed by atoms with E-state index < -0.39 is 0 Å². The van der Waals surface area contributed by atoms with Crippen LogP contribution in [-0.2, 0) is 6.42 Å². The predicted octanol–water partition coefficient (Wildman–Crippen LogP) is 2.00. The minimum Gasteiger partial charge on any atom is -0.359 e. The Kier molecular flexibility index (Phi) is 4.12. The lowest BCUT2D eigenvalue weighted by Gasteiger charge is -2.19. The molecule has 0 aliphatic carbocycles. The molecule has 1 unspecified atom stereocenters. The zero-order valence-electron chi connectivity index (χ0n) is 10.1. The van der Waals surface area contributed by atoms with Gasteiger partial charge in [0.05, 0.1) is 0 Å². The number of nitrogens with one attached hydrogen (secondary N) is 1. The molecule has 5 heteroatoms. The minimum atomic E-state index is 0.665. The van der Waals surface area contributed by atoms with Crippen molar-refractivity contribution in [3.63, 3.8) is 0 Å². The van der Waals surface area contributed by atoms with Gasteiger partial charge in [-0.1, -0.05) is 6.92 Å². The number of likely N-dealkylation sites (tertiary alicyclic amines) is 1. The predicted molar refractivity (Wildman–Crippen MR) is 68.0 cm³/mol. The number of aromatic nitrogens is 2. The van der Waals surface area contributed by atoms with Gasteiger partial charge in [-0.25, -0.2) is 4.98 Å². The molecule has 0 aromatic carbocycles. The molecular weight excluding hydrogens is 220 g/mol. The highest BCUT2D eigenvalue weighted by atomic mass is 32.1. The topological polar surface area (TPSA) is 41.1 Å². The maximum atomic E-state index is 4.46. The fraction of sp³-hybridized carbons (Fsp3) is 0.818. The molecule has 90 valence electrons. The minimum absolute atomic E-state index is 0.665. The van der Waals surface area contributed by atoms with Gasteiger partial charge in [0, 0.05) is 30.5 Å². The van der Waals surface area contributed by atoms with Crippen molar-refractivity contribution in [1.29, 1.82) is 0 Å². The average Bonchev–Trinajstić information content (AvgIpc) is 2.86. The van der Waals surface area contributed by atoms with Crippen LogP contribution < -0.4 is 5.32 Å². The van der Waals surface area contributed by atoms with E-state index in [0.29, 0.717) is 6.04 Å². The standard InChI is InChI=1S/C11H20N4S/c1-3-5-10-13-11(16-14-10)12-8-9-6-4-7-15(9)2/h9H,3-8H2,1-2H3,(H,12,13,14). The molecule has 1 aliphatic rings. The van der Waals surface area contributed by atoms with E-state index in [4.69, 9.17) is 0 Å². The lowest BCUT2D eigenvalue weighted by Crippen LogP contribution is -2.31. The molecule has 1 aromatic heterocycles. The van der Waals surface area contributed by atoms with Crippen LogP contribution in [0.5, 0.6) is 0 Å². The van der Waals surface area contributed by atoms with Crippen LogP contribution in [0.2, 0.25) is 0 Å². The molecule has 16 heavy (non-hydrogen) atoms. The van der Waals surface area contributed by atoms with E-state index in [1.54, 1.807) is 0 Å². The third-order valence-corrected chi connectivity index (χ3v) is 3.81. The van der Waals surface area contributed by atoms with Crippen LogP contribution in [-0.4, -0.2) is 40.4 Å². The third-order valence-electron chi connectivity index (χ3n) is 3.10. The number of hydrogen-bond acceptors (Lipinski definition) is 5. The number of aryl methyl sites for hydroxylation is 1. The van der Waals surface area contributed by atoms with Crippen LogP contribution in [0.1, 0.15) is 32.0 Å². The van der Waals surface area contributed by atoms with Gasteiger partial charge in [0.2, 0.25) is 5.13 Å². The second kappa shape index (κ2) is 5.59. The second-order valence-electron chi connectivity index (χ2n) is 4.42. The van der Waals surface area contributed by atoms with Crippen molar-refractivity contribution in [2.75, 3.05) is 25.5 Å². The Balaban J connectivity index is 1.80. The van der Waals surface area contributed by atoms with Gasteiger partial charge in [0.25, 0.3) is 0 Å². The van der Waals surface area contributed by atoms with Crippen molar-refractivity contribution < 1.29 is 0 Å². The first-order chi connectivity index (χ1) is 7.79. The van der Waals surface area contributed by atoms with E-state index in [9.17, 15) is 0 Å². The summed E-state index contributed by atoms with van der Waals surface area (Å²) in [6, 6.07) is 0.665. The van der Waals surface area contributed by atoms with Gasteiger partial charge < -0.3 is 10.2 Å². The molecule has 1 fully saturated rings. The summed E-state index contributed by atoms with van der Waals surface area (Å²) in [6.45, 7) is 4.38. The van der Waals surface area contributed by atoms with Crippen LogP contribution >= 0.6 is 11.5 Å². The molecule has 1 aromatic rings. The van der Waals surface area contributed by atoms with Gasteiger partial charge in [-0.15, -0.1) is 0 Å². The van der Waals surface area contributed by atoms with E-state index in [2.05, 4.69) is 33.5 Å². The summed E-state index contributed by atoms with van der Waals surface area (Å²) in [6.07, 6.45) is 4.72. The number of likely N-dealkylation sites (N-methyl/N-ethyl adjacent to an activating group) is 1. The Morgan fingerprint density at radius 2 is 2.44 bits per heavy atom. The molecule has 0 saturated carbocycles. The maximum absolute atomic E-state index is 4.46. The number of hydrogen-bond donors (Lipinski definition) is 1. The van der Waals surface area contributed by atoms with Gasteiger partial charge in [-0.2, -0.15) is 4.37 Å². The SMILES string of the molecule is CCCc1nsc(NCC2CCCN2C)n1.